The maximum Gasteiger partial charge on any atom is 0.407 e. The quantitative estimate of drug-likeness (QED) is 0.895. The number of carbonyl (C=O) groups is 2. The number of likely N-dealkylation sites (tertiary alicyclic amines) is 1. The molecule has 1 N–H and O–H groups in total. The molecular weight excluding hydrogens is 256 g/mol. The first-order chi connectivity index (χ1) is 9.60. The second kappa shape index (κ2) is 6.41. The number of nitrogens with one attached hydrogen (secondary N) is 1. The maximum atomic E-state index is 11.7. The van der Waals surface area contributed by atoms with Crippen molar-refractivity contribution < 1.29 is 14.3 Å². The Morgan fingerprint density at radius 1 is 1.25 bits per heavy atom. The monoisotopic (exact) mass is 276 g/mol. The van der Waals surface area contributed by atoms with Crippen LogP contribution in [0, 0.1) is 0 Å². The highest BCUT2D eigenvalue weighted by Crippen LogP contribution is 2.27. The highest BCUT2D eigenvalue weighted by molar-refractivity contribution is 5.74. The molecule has 0 spiro atoms. The van der Waals surface area contributed by atoms with Gasteiger partial charge in [0.1, 0.15) is 0 Å². The predicted molar refractivity (Wildman–Crippen MR) is 75.4 cm³/mol. The summed E-state index contributed by atoms with van der Waals surface area (Å²) in [4.78, 5) is 24.8. The van der Waals surface area contributed by atoms with Gasteiger partial charge in [-0.15, -0.1) is 0 Å². The van der Waals surface area contributed by atoms with Crippen molar-refractivity contribution in [3.8, 4) is 0 Å². The molecule has 1 aliphatic heterocycles. The van der Waals surface area contributed by atoms with E-state index in [4.69, 9.17) is 0 Å². The average Bonchev–Trinajstić information content (AvgIpc) is 2.47. The Balaban J connectivity index is 2.12. The largest absolute Gasteiger partial charge is 0.453 e. The highest BCUT2D eigenvalue weighted by atomic mass is 16.5. The Labute approximate surface area is 118 Å². The molecule has 1 aromatic rings. The van der Waals surface area contributed by atoms with Crippen molar-refractivity contribution in [3.05, 3.63) is 35.9 Å². The van der Waals surface area contributed by atoms with Gasteiger partial charge in [0.2, 0.25) is 5.91 Å². The number of piperidine rings is 1. The topological polar surface area (TPSA) is 58.6 Å². The number of methoxy groups -OCH3 is 1. The lowest BCUT2D eigenvalue weighted by atomic mass is 9.88. The molecule has 0 saturated carbocycles. The first-order valence-electron chi connectivity index (χ1n) is 6.75. The number of benzene rings is 1. The molecule has 2 atom stereocenters. The fourth-order valence-electron chi connectivity index (χ4n) is 2.65. The summed E-state index contributed by atoms with van der Waals surface area (Å²) >= 11 is 0. The molecular formula is C15H20N2O3. The van der Waals surface area contributed by atoms with Crippen molar-refractivity contribution in [2.45, 2.75) is 25.3 Å². The predicted octanol–water partition coefficient (Wildman–Crippen LogP) is 1.75. The molecule has 1 aromatic carbocycles. The molecule has 2 amide bonds. The molecule has 1 heterocycles. The summed E-state index contributed by atoms with van der Waals surface area (Å²) in [7, 11) is 1.34. The van der Waals surface area contributed by atoms with Gasteiger partial charge >= 0.3 is 6.09 Å². The van der Waals surface area contributed by atoms with E-state index in [1.165, 1.54) is 12.7 Å². The van der Waals surface area contributed by atoms with Crippen LogP contribution in [-0.4, -0.2) is 43.1 Å². The van der Waals surface area contributed by atoms with E-state index in [-0.39, 0.29) is 17.9 Å². The van der Waals surface area contributed by atoms with Crippen LogP contribution in [0.4, 0.5) is 4.79 Å². The van der Waals surface area contributed by atoms with Gasteiger partial charge in [0.25, 0.3) is 0 Å². The second-order valence-electron chi connectivity index (χ2n) is 5.10. The van der Waals surface area contributed by atoms with Gasteiger partial charge in [-0.05, 0) is 12.0 Å². The van der Waals surface area contributed by atoms with E-state index in [9.17, 15) is 9.59 Å². The van der Waals surface area contributed by atoms with Crippen LogP contribution in [0.2, 0.25) is 0 Å². The van der Waals surface area contributed by atoms with Gasteiger partial charge in [0.05, 0.1) is 13.2 Å². The Hall–Kier alpha value is -2.04. The maximum absolute atomic E-state index is 11.7. The molecule has 2 rings (SSSR count). The third-order valence-electron chi connectivity index (χ3n) is 3.67. The minimum Gasteiger partial charge on any atom is -0.453 e. The van der Waals surface area contributed by atoms with Gasteiger partial charge in [-0.1, -0.05) is 30.3 Å². The lowest BCUT2D eigenvalue weighted by molar-refractivity contribution is -0.130. The minimum atomic E-state index is -0.452. The second-order valence-corrected chi connectivity index (χ2v) is 5.10. The van der Waals surface area contributed by atoms with Crippen LogP contribution in [0.1, 0.15) is 24.8 Å². The molecule has 1 fully saturated rings. The molecule has 0 aromatic heterocycles. The number of nitrogens with zero attached hydrogens (tertiary/aromatic N) is 1. The van der Waals surface area contributed by atoms with Crippen molar-refractivity contribution >= 4 is 12.0 Å². The number of ether oxygens (including phenoxy) is 1. The molecule has 0 bridgehead atoms. The van der Waals surface area contributed by atoms with Crippen LogP contribution in [0.25, 0.3) is 0 Å². The summed E-state index contributed by atoms with van der Waals surface area (Å²) in [5, 5.41) is 2.80. The molecule has 5 heteroatoms. The van der Waals surface area contributed by atoms with Crippen molar-refractivity contribution in [1.82, 2.24) is 10.2 Å². The van der Waals surface area contributed by atoms with E-state index >= 15 is 0 Å². The van der Waals surface area contributed by atoms with Gasteiger partial charge in [0.15, 0.2) is 0 Å². The van der Waals surface area contributed by atoms with Crippen LogP contribution < -0.4 is 5.32 Å². The summed E-state index contributed by atoms with van der Waals surface area (Å²) in [5.74, 6) is 0.262. The summed E-state index contributed by atoms with van der Waals surface area (Å²) < 4.78 is 4.64. The van der Waals surface area contributed by atoms with Crippen molar-refractivity contribution in [2.24, 2.45) is 0 Å². The summed E-state index contributed by atoms with van der Waals surface area (Å²) in [6.45, 7) is 2.79. The van der Waals surface area contributed by atoms with E-state index in [1.54, 1.807) is 11.8 Å². The van der Waals surface area contributed by atoms with Crippen LogP contribution >= 0.6 is 0 Å². The smallest absolute Gasteiger partial charge is 0.407 e. The molecule has 0 aliphatic carbocycles. The van der Waals surface area contributed by atoms with E-state index in [1.807, 2.05) is 18.2 Å². The summed E-state index contributed by atoms with van der Waals surface area (Å²) in [5.41, 5.74) is 1.19. The zero-order chi connectivity index (χ0) is 14.5. The van der Waals surface area contributed by atoms with Crippen molar-refractivity contribution in [2.75, 3.05) is 20.2 Å². The highest BCUT2D eigenvalue weighted by Gasteiger charge is 2.30. The first-order valence-corrected chi connectivity index (χ1v) is 6.75. The molecule has 20 heavy (non-hydrogen) atoms. The zero-order valence-electron chi connectivity index (χ0n) is 11.8. The van der Waals surface area contributed by atoms with E-state index in [2.05, 4.69) is 22.2 Å². The SMILES string of the molecule is COC(=O)NC1CC(c2ccccc2)CN(C(C)=O)C1. The van der Waals surface area contributed by atoms with Gasteiger partial charge in [-0.3, -0.25) is 4.79 Å². The fourth-order valence-corrected chi connectivity index (χ4v) is 2.65. The lowest BCUT2D eigenvalue weighted by Gasteiger charge is -2.37. The van der Waals surface area contributed by atoms with Gasteiger partial charge in [-0.25, -0.2) is 4.79 Å². The summed E-state index contributed by atoms with van der Waals surface area (Å²) in [6.07, 6.45) is 0.357. The molecule has 108 valence electrons. The van der Waals surface area contributed by atoms with Gasteiger partial charge in [-0.2, -0.15) is 0 Å². The zero-order valence-corrected chi connectivity index (χ0v) is 11.8. The molecule has 5 nitrogen and oxygen atoms in total. The van der Waals surface area contributed by atoms with Crippen LogP contribution in [0.15, 0.2) is 30.3 Å². The number of amides is 2. The normalized spacial score (nSPS) is 22.2. The fraction of sp³-hybridized carbons (Fsp3) is 0.467. The molecule has 1 saturated heterocycles. The Bertz CT molecular complexity index is 475. The molecule has 2 unspecified atom stereocenters. The average molecular weight is 276 g/mol. The van der Waals surface area contributed by atoms with Crippen molar-refractivity contribution in [1.29, 1.82) is 0 Å². The van der Waals surface area contributed by atoms with E-state index in [0.29, 0.717) is 13.1 Å². The standard InChI is InChI=1S/C15H20N2O3/c1-11(18)17-9-13(12-6-4-3-5-7-12)8-14(10-17)16-15(19)20-2/h3-7,13-14H,8-10H2,1-2H3,(H,16,19). The van der Waals surface area contributed by atoms with E-state index < -0.39 is 6.09 Å². The number of rotatable bonds is 2. The Morgan fingerprint density at radius 2 is 1.95 bits per heavy atom. The minimum absolute atomic E-state index is 0.0299. The van der Waals surface area contributed by atoms with Gasteiger partial charge < -0.3 is 15.0 Å². The summed E-state index contributed by atoms with van der Waals surface area (Å²) in [6, 6.07) is 9.99. The number of hydrogen-bond donors (Lipinski definition) is 1. The Kier molecular flexibility index (Phi) is 4.61. The first kappa shape index (κ1) is 14.4. The van der Waals surface area contributed by atoms with Crippen molar-refractivity contribution in [3.63, 3.8) is 0 Å². The van der Waals surface area contributed by atoms with Crippen LogP contribution in [0.5, 0.6) is 0 Å². The van der Waals surface area contributed by atoms with Gasteiger partial charge in [0, 0.05) is 25.9 Å². The number of alkyl carbamates (subject to hydrolysis) is 1. The van der Waals surface area contributed by atoms with E-state index in [0.717, 1.165) is 6.42 Å². The van der Waals surface area contributed by atoms with Crippen LogP contribution in [0.3, 0.4) is 0 Å². The third kappa shape index (κ3) is 3.50. The molecule has 0 radical (unpaired) electrons. The number of carbonyl (C=O) groups excluding carboxylic acids is 2. The number of hydrogen-bond acceptors (Lipinski definition) is 3. The lowest BCUT2D eigenvalue weighted by Crippen LogP contribution is -2.51. The van der Waals surface area contributed by atoms with Crippen LogP contribution in [-0.2, 0) is 9.53 Å². The molecule has 1 aliphatic rings. The third-order valence-corrected chi connectivity index (χ3v) is 3.67. The Morgan fingerprint density at radius 3 is 2.55 bits per heavy atom.